The fraction of sp³-hybridized carbons (Fsp3) is 0.0141. The van der Waals surface area contributed by atoms with Crippen LogP contribution in [0.5, 0.6) is 0 Å². The van der Waals surface area contributed by atoms with E-state index in [1.54, 1.807) is 0 Å². The van der Waals surface area contributed by atoms with Gasteiger partial charge in [0.1, 0.15) is 0 Å². The molecule has 0 radical (unpaired) electrons. The lowest BCUT2D eigenvalue weighted by Gasteiger charge is -2.39. The molecule has 1 atom stereocenters. The van der Waals surface area contributed by atoms with Crippen LogP contribution in [-0.2, 0) is 5.41 Å². The van der Waals surface area contributed by atoms with Crippen LogP contribution in [0, 0.1) is 0 Å². The van der Waals surface area contributed by atoms with Gasteiger partial charge in [0.05, 0.1) is 27.8 Å². The summed E-state index contributed by atoms with van der Waals surface area (Å²) in [6, 6.07) is 103. The Hall–Kier alpha value is -9.50. The number of para-hydroxylation sites is 4. The summed E-state index contributed by atoms with van der Waals surface area (Å²) in [5, 5.41) is 4.95. The van der Waals surface area contributed by atoms with Gasteiger partial charge in [-0.25, -0.2) is 0 Å². The van der Waals surface area contributed by atoms with Crippen LogP contribution in [-0.4, -0.2) is 4.57 Å². The average Bonchev–Trinajstić information content (AvgIpc) is 3.96. The molecule has 0 amide bonds. The molecule has 0 saturated carbocycles. The van der Waals surface area contributed by atoms with Crippen LogP contribution in [0.3, 0.4) is 0 Å². The molecule has 2 heteroatoms. The van der Waals surface area contributed by atoms with Crippen molar-refractivity contribution in [3.8, 4) is 61.3 Å². The minimum atomic E-state index is -0.504. The molecule has 1 aliphatic carbocycles. The summed E-state index contributed by atoms with van der Waals surface area (Å²) >= 11 is 0. The summed E-state index contributed by atoms with van der Waals surface area (Å²) in [5.74, 6) is 0. The van der Waals surface area contributed by atoms with Crippen LogP contribution in [0.1, 0.15) is 22.3 Å². The number of nitrogens with zero attached hydrogens (tertiary/aromatic N) is 2. The summed E-state index contributed by atoms with van der Waals surface area (Å²) in [6.45, 7) is 0. The highest BCUT2D eigenvalue weighted by Gasteiger charge is 2.50. The first kappa shape index (κ1) is 41.3. The second-order valence-electron chi connectivity index (χ2n) is 19.6. The quantitative estimate of drug-likeness (QED) is 0.155. The molecule has 1 spiro atoms. The van der Waals surface area contributed by atoms with Crippen molar-refractivity contribution in [3.05, 3.63) is 301 Å². The van der Waals surface area contributed by atoms with E-state index in [4.69, 9.17) is 0 Å². The number of hydrogen-bond donors (Lipinski definition) is 0. The van der Waals surface area contributed by atoms with E-state index in [-0.39, 0.29) is 0 Å². The lowest BCUT2D eigenvalue weighted by atomic mass is 9.65. The van der Waals surface area contributed by atoms with E-state index in [1.165, 1.54) is 111 Å². The molecule has 340 valence electrons. The molecule has 15 rings (SSSR count). The van der Waals surface area contributed by atoms with Crippen LogP contribution in [0.15, 0.2) is 279 Å². The first-order valence-electron chi connectivity index (χ1n) is 25.3. The monoisotopic (exact) mass is 926 g/mol. The minimum Gasteiger partial charge on any atom is -0.310 e. The Morgan fingerprint density at radius 1 is 0.288 bits per heavy atom. The van der Waals surface area contributed by atoms with Crippen molar-refractivity contribution in [2.75, 3.05) is 4.90 Å². The van der Waals surface area contributed by atoms with E-state index >= 15 is 0 Å². The Bertz CT molecular complexity index is 4320. The second-order valence-corrected chi connectivity index (χ2v) is 19.6. The van der Waals surface area contributed by atoms with Crippen LogP contribution >= 0.6 is 0 Å². The number of fused-ring (bicyclic) bond motifs is 13. The molecule has 0 fully saturated rings. The molecular weight excluding hydrogens is 881 g/mol. The average molecular weight is 927 g/mol. The van der Waals surface area contributed by atoms with E-state index in [0.717, 1.165) is 22.6 Å². The first-order valence-corrected chi connectivity index (χ1v) is 25.3. The molecule has 12 aromatic carbocycles. The Morgan fingerprint density at radius 3 is 1.67 bits per heavy atom. The predicted octanol–water partition coefficient (Wildman–Crippen LogP) is 18.8. The Balaban J connectivity index is 0.870. The molecule has 0 saturated heterocycles. The molecule has 2 heterocycles. The summed E-state index contributed by atoms with van der Waals surface area (Å²) in [6.07, 6.45) is 0. The van der Waals surface area contributed by atoms with E-state index in [2.05, 4.69) is 289 Å². The van der Waals surface area contributed by atoms with Crippen molar-refractivity contribution in [1.82, 2.24) is 4.57 Å². The SMILES string of the molecule is c1ccc(-c2ccc(-c3ccccc3N(c3cccc(-c4ccccc4)c3)c3ccc4cc(-c5ccc6c(c5)C5(c7ccccc7-6)c6ccccc6-n6c7ccccc7c7cccc5c76)ccc4c3)cc2)cc1. The lowest BCUT2D eigenvalue weighted by molar-refractivity contribution is 0.749. The standard InChI is InChI=1S/C71H46N2/c1-3-17-47(18-4-1)49-33-35-50(36-34-49)58-23-8-12-30-67(58)72(56-22-15-21-51(44-56)48-19-5-2-6-20-48)57-41-39-53-43-52(37-38-54(53)45-57)55-40-42-60-59-24-7-10-27-63(59)71(66(60)46-55)64-28-11-14-32-69(64)73-68-31-13-9-25-61(68)62-26-16-29-65(71)70(62)73/h1-46H. The summed E-state index contributed by atoms with van der Waals surface area (Å²) in [4.78, 5) is 2.43. The molecule has 0 N–H and O–H groups in total. The van der Waals surface area contributed by atoms with Gasteiger partial charge in [-0.1, -0.05) is 224 Å². The Labute approximate surface area is 425 Å². The third kappa shape index (κ3) is 6.24. The highest BCUT2D eigenvalue weighted by molar-refractivity contribution is 6.13. The lowest BCUT2D eigenvalue weighted by Crippen LogP contribution is -2.33. The number of anilines is 3. The van der Waals surface area contributed by atoms with Crippen molar-refractivity contribution in [2.45, 2.75) is 5.41 Å². The topological polar surface area (TPSA) is 8.17 Å². The van der Waals surface area contributed by atoms with Crippen LogP contribution in [0.4, 0.5) is 17.1 Å². The Kier molecular flexibility index (Phi) is 9.21. The zero-order chi connectivity index (χ0) is 48.0. The zero-order valence-electron chi connectivity index (χ0n) is 40.0. The minimum absolute atomic E-state index is 0.504. The largest absolute Gasteiger partial charge is 0.310 e. The van der Waals surface area contributed by atoms with E-state index in [1.807, 2.05) is 0 Å². The van der Waals surface area contributed by atoms with Crippen molar-refractivity contribution in [3.63, 3.8) is 0 Å². The number of benzene rings is 12. The van der Waals surface area contributed by atoms with Gasteiger partial charge in [0, 0.05) is 27.7 Å². The van der Waals surface area contributed by atoms with Crippen molar-refractivity contribution in [1.29, 1.82) is 0 Å². The van der Waals surface area contributed by atoms with Gasteiger partial charge in [0.25, 0.3) is 0 Å². The predicted molar refractivity (Wildman–Crippen MR) is 306 cm³/mol. The molecule has 1 aliphatic heterocycles. The molecule has 2 nitrogen and oxygen atoms in total. The van der Waals surface area contributed by atoms with Gasteiger partial charge in [0.15, 0.2) is 0 Å². The summed E-state index contributed by atoms with van der Waals surface area (Å²) in [5.41, 5.74) is 24.0. The van der Waals surface area contributed by atoms with E-state index in [9.17, 15) is 0 Å². The third-order valence-corrected chi connectivity index (χ3v) is 15.8. The van der Waals surface area contributed by atoms with E-state index in [0.29, 0.717) is 0 Å². The smallest absolute Gasteiger partial charge is 0.0754 e. The van der Waals surface area contributed by atoms with Crippen molar-refractivity contribution < 1.29 is 0 Å². The van der Waals surface area contributed by atoms with Gasteiger partial charge in [-0.05, 0) is 138 Å². The van der Waals surface area contributed by atoms with Gasteiger partial charge in [-0.2, -0.15) is 0 Å². The number of rotatable bonds is 7. The molecule has 1 aromatic heterocycles. The fourth-order valence-corrected chi connectivity index (χ4v) is 12.6. The van der Waals surface area contributed by atoms with Gasteiger partial charge in [-0.15, -0.1) is 0 Å². The molecule has 2 aliphatic rings. The molecular formula is C71H46N2. The maximum atomic E-state index is 2.52. The van der Waals surface area contributed by atoms with Crippen LogP contribution in [0.2, 0.25) is 0 Å². The van der Waals surface area contributed by atoms with Crippen LogP contribution < -0.4 is 4.90 Å². The van der Waals surface area contributed by atoms with Crippen LogP contribution in [0.25, 0.3) is 93.9 Å². The van der Waals surface area contributed by atoms with E-state index < -0.39 is 5.41 Å². The highest BCUT2D eigenvalue weighted by Crippen LogP contribution is 2.61. The van der Waals surface area contributed by atoms with Gasteiger partial charge >= 0.3 is 0 Å². The molecule has 73 heavy (non-hydrogen) atoms. The summed E-state index contributed by atoms with van der Waals surface area (Å²) in [7, 11) is 0. The summed E-state index contributed by atoms with van der Waals surface area (Å²) < 4.78 is 2.52. The Morgan fingerprint density at radius 2 is 0.822 bits per heavy atom. The number of aromatic nitrogens is 1. The first-order chi connectivity index (χ1) is 36.2. The van der Waals surface area contributed by atoms with Crippen molar-refractivity contribution in [2.24, 2.45) is 0 Å². The van der Waals surface area contributed by atoms with Gasteiger partial charge in [-0.3, -0.25) is 0 Å². The third-order valence-electron chi connectivity index (χ3n) is 15.8. The second kappa shape index (κ2) is 16.3. The zero-order valence-corrected chi connectivity index (χ0v) is 40.0. The van der Waals surface area contributed by atoms with Crippen molar-refractivity contribution >= 4 is 49.6 Å². The highest BCUT2D eigenvalue weighted by atomic mass is 15.1. The normalized spacial score (nSPS) is 14.1. The number of hydrogen-bond acceptors (Lipinski definition) is 1. The maximum Gasteiger partial charge on any atom is 0.0754 e. The molecule has 1 unspecified atom stereocenters. The maximum absolute atomic E-state index is 2.52. The fourth-order valence-electron chi connectivity index (χ4n) is 12.6. The molecule has 13 aromatic rings. The van der Waals surface area contributed by atoms with Gasteiger partial charge in [0.2, 0.25) is 0 Å². The van der Waals surface area contributed by atoms with Gasteiger partial charge < -0.3 is 9.47 Å². The molecule has 0 bridgehead atoms.